The van der Waals surface area contributed by atoms with Crippen LogP contribution in [0.4, 0.5) is 0 Å². The number of aryl methyl sites for hydroxylation is 2. The molecule has 0 spiro atoms. The van der Waals surface area contributed by atoms with Crippen LogP contribution < -0.4 is 14.8 Å². The number of carbonyl (C=O) groups is 2. The quantitative estimate of drug-likeness (QED) is 0.250. The van der Waals surface area contributed by atoms with Gasteiger partial charge in [-0.05, 0) is 61.9 Å². The number of benzene rings is 3. The smallest absolute Gasteiger partial charge is 0.243 e. The van der Waals surface area contributed by atoms with E-state index in [1.165, 1.54) is 0 Å². The van der Waals surface area contributed by atoms with E-state index in [9.17, 15) is 9.59 Å². The molecule has 0 aliphatic heterocycles. The second-order valence-corrected chi connectivity index (χ2v) is 10.5. The molecular formula is C34H44N2O4. The minimum Gasteiger partial charge on any atom is -0.490 e. The summed E-state index contributed by atoms with van der Waals surface area (Å²) in [6.07, 6.45) is 1.25. The van der Waals surface area contributed by atoms with E-state index >= 15 is 0 Å². The van der Waals surface area contributed by atoms with Crippen molar-refractivity contribution in [3.8, 4) is 11.5 Å². The van der Waals surface area contributed by atoms with Crippen molar-refractivity contribution >= 4 is 11.8 Å². The number of carbonyl (C=O) groups excluding carboxylic acids is 2. The largest absolute Gasteiger partial charge is 0.490 e. The van der Waals surface area contributed by atoms with Crippen molar-refractivity contribution in [2.45, 2.75) is 66.5 Å². The lowest BCUT2D eigenvalue weighted by molar-refractivity contribution is -0.141. The molecule has 1 atom stereocenters. The summed E-state index contributed by atoms with van der Waals surface area (Å²) in [5.74, 6) is 1.50. The van der Waals surface area contributed by atoms with Crippen LogP contribution in [0.3, 0.4) is 0 Å². The highest BCUT2D eigenvalue weighted by atomic mass is 16.5. The Morgan fingerprint density at radius 2 is 1.52 bits per heavy atom. The summed E-state index contributed by atoms with van der Waals surface area (Å²) in [6, 6.07) is 23.2. The van der Waals surface area contributed by atoms with Gasteiger partial charge in [-0.25, -0.2) is 0 Å². The number of hydrogen-bond acceptors (Lipinski definition) is 4. The first-order valence-corrected chi connectivity index (χ1v) is 14.4. The van der Waals surface area contributed by atoms with Gasteiger partial charge >= 0.3 is 0 Å². The molecule has 6 nitrogen and oxygen atoms in total. The molecule has 0 aliphatic carbocycles. The Labute approximate surface area is 239 Å². The Balaban J connectivity index is 1.89. The third kappa shape index (κ3) is 9.44. The van der Waals surface area contributed by atoms with Crippen LogP contribution in [0.2, 0.25) is 0 Å². The average molecular weight is 545 g/mol. The summed E-state index contributed by atoms with van der Waals surface area (Å²) in [4.78, 5) is 29.3. The zero-order valence-corrected chi connectivity index (χ0v) is 24.6. The summed E-state index contributed by atoms with van der Waals surface area (Å²) in [5, 5.41) is 3.09. The Bertz CT molecular complexity index is 1230. The number of ether oxygens (including phenoxy) is 2. The van der Waals surface area contributed by atoms with Crippen molar-refractivity contribution in [2.75, 3.05) is 19.8 Å². The summed E-state index contributed by atoms with van der Waals surface area (Å²) >= 11 is 0. The van der Waals surface area contributed by atoms with Crippen LogP contribution in [0.15, 0.2) is 72.8 Å². The predicted molar refractivity (Wildman–Crippen MR) is 161 cm³/mol. The van der Waals surface area contributed by atoms with Crippen LogP contribution >= 0.6 is 0 Å². The van der Waals surface area contributed by atoms with Gasteiger partial charge in [-0.3, -0.25) is 9.59 Å². The van der Waals surface area contributed by atoms with Crippen LogP contribution in [-0.4, -0.2) is 42.5 Å². The highest BCUT2D eigenvalue weighted by Gasteiger charge is 2.30. The molecule has 214 valence electrons. The lowest BCUT2D eigenvalue weighted by Gasteiger charge is -2.32. The van der Waals surface area contributed by atoms with Gasteiger partial charge in [0.25, 0.3) is 0 Å². The maximum Gasteiger partial charge on any atom is 0.243 e. The molecule has 6 heteroatoms. The third-order valence-electron chi connectivity index (χ3n) is 6.63. The molecule has 40 heavy (non-hydrogen) atoms. The Morgan fingerprint density at radius 3 is 2.20 bits per heavy atom. The molecule has 0 aromatic heterocycles. The first kappa shape index (κ1) is 30.7. The number of hydrogen-bond donors (Lipinski definition) is 1. The van der Waals surface area contributed by atoms with E-state index in [1.807, 2.05) is 87.5 Å². The van der Waals surface area contributed by atoms with Crippen molar-refractivity contribution in [2.24, 2.45) is 5.92 Å². The molecule has 0 aliphatic rings. The average Bonchev–Trinajstić information content (AvgIpc) is 2.94. The molecule has 3 aromatic rings. The Hall–Kier alpha value is -3.80. The summed E-state index contributed by atoms with van der Waals surface area (Å²) in [6.45, 7) is 12.0. The maximum atomic E-state index is 14.0. The number of rotatable bonds is 15. The number of nitrogens with one attached hydrogen (secondary N) is 1. The molecular weight excluding hydrogens is 500 g/mol. The van der Waals surface area contributed by atoms with E-state index in [0.717, 1.165) is 22.3 Å². The summed E-state index contributed by atoms with van der Waals surface area (Å²) in [7, 11) is 0. The SMILES string of the molecule is CCOc1ccc(CCC(=O)N(Cc2cccc(C)c2)[C@H](Cc2ccccc2)C(=O)NCC(C)C)cc1OCC. The van der Waals surface area contributed by atoms with Crippen LogP contribution in [0.5, 0.6) is 11.5 Å². The monoisotopic (exact) mass is 544 g/mol. The van der Waals surface area contributed by atoms with Crippen molar-refractivity contribution in [3.05, 3.63) is 95.1 Å². The van der Waals surface area contributed by atoms with E-state index < -0.39 is 6.04 Å². The van der Waals surface area contributed by atoms with Crippen molar-refractivity contribution < 1.29 is 19.1 Å². The van der Waals surface area contributed by atoms with E-state index in [-0.39, 0.29) is 18.2 Å². The predicted octanol–water partition coefficient (Wildman–Crippen LogP) is 6.14. The molecule has 0 heterocycles. The second kappa shape index (κ2) is 15.7. The lowest BCUT2D eigenvalue weighted by Crippen LogP contribution is -2.51. The molecule has 0 saturated carbocycles. The van der Waals surface area contributed by atoms with E-state index in [4.69, 9.17) is 9.47 Å². The third-order valence-corrected chi connectivity index (χ3v) is 6.63. The maximum absolute atomic E-state index is 14.0. The van der Waals surface area contributed by atoms with E-state index in [0.29, 0.717) is 56.6 Å². The molecule has 0 saturated heterocycles. The highest BCUT2D eigenvalue weighted by molar-refractivity contribution is 5.88. The van der Waals surface area contributed by atoms with Gasteiger partial charge < -0.3 is 19.7 Å². The fourth-order valence-electron chi connectivity index (χ4n) is 4.63. The van der Waals surface area contributed by atoms with Gasteiger partial charge in [0.05, 0.1) is 13.2 Å². The Kier molecular flexibility index (Phi) is 12.1. The van der Waals surface area contributed by atoms with Crippen LogP contribution in [0.1, 0.15) is 56.4 Å². The van der Waals surface area contributed by atoms with Crippen molar-refractivity contribution in [1.29, 1.82) is 0 Å². The van der Waals surface area contributed by atoms with E-state index in [1.54, 1.807) is 4.90 Å². The lowest BCUT2D eigenvalue weighted by atomic mass is 10.0. The molecule has 3 rings (SSSR count). The normalized spacial score (nSPS) is 11.7. The Morgan fingerprint density at radius 1 is 0.825 bits per heavy atom. The molecule has 0 unspecified atom stereocenters. The topological polar surface area (TPSA) is 67.9 Å². The fourth-order valence-corrected chi connectivity index (χ4v) is 4.63. The molecule has 0 bridgehead atoms. The van der Waals surface area contributed by atoms with Gasteiger partial charge in [0, 0.05) is 25.9 Å². The van der Waals surface area contributed by atoms with Gasteiger partial charge in [-0.15, -0.1) is 0 Å². The van der Waals surface area contributed by atoms with E-state index in [2.05, 4.69) is 25.2 Å². The minimum absolute atomic E-state index is 0.0611. The van der Waals surface area contributed by atoms with Crippen LogP contribution in [-0.2, 0) is 29.0 Å². The standard InChI is InChI=1S/C34H44N2O4/c1-6-39-31-18-16-28(22-32(31)40-7-2)17-19-33(37)36(24-29-15-11-12-26(5)20-29)30(34(38)35-23-25(3)4)21-27-13-9-8-10-14-27/h8-16,18,20,22,25,30H,6-7,17,19,21,23-24H2,1-5H3,(H,35,38)/t30-/m1/s1. The number of amides is 2. The van der Waals surface area contributed by atoms with Gasteiger partial charge in [-0.1, -0.05) is 80.1 Å². The second-order valence-electron chi connectivity index (χ2n) is 10.5. The zero-order valence-electron chi connectivity index (χ0n) is 24.6. The number of nitrogens with zero attached hydrogens (tertiary/aromatic N) is 1. The molecule has 1 N–H and O–H groups in total. The van der Waals surface area contributed by atoms with Gasteiger partial charge in [0.1, 0.15) is 6.04 Å². The van der Waals surface area contributed by atoms with Crippen LogP contribution in [0, 0.1) is 12.8 Å². The van der Waals surface area contributed by atoms with Gasteiger partial charge in [0.2, 0.25) is 11.8 Å². The summed E-state index contributed by atoms with van der Waals surface area (Å²) in [5.41, 5.74) is 4.12. The first-order chi connectivity index (χ1) is 19.3. The van der Waals surface area contributed by atoms with Gasteiger partial charge in [0.15, 0.2) is 11.5 Å². The molecule has 0 fully saturated rings. The summed E-state index contributed by atoms with van der Waals surface area (Å²) < 4.78 is 11.5. The van der Waals surface area contributed by atoms with Gasteiger partial charge in [-0.2, -0.15) is 0 Å². The molecule has 2 amide bonds. The fraction of sp³-hybridized carbons (Fsp3) is 0.412. The van der Waals surface area contributed by atoms with Crippen LogP contribution in [0.25, 0.3) is 0 Å². The highest BCUT2D eigenvalue weighted by Crippen LogP contribution is 2.29. The van der Waals surface area contributed by atoms with Crippen molar-refractivity contribution in [1.82, 2.24) is 10.2 Å². The zero-order chi connectivity index (χ0) is 28.9. The molecule has 3 aromatic carbocycles. The van der Waals surface area contributed by atoms with Crippen molar-refractivity contribution in [3.63, 3.8) is 0 Å². The first-order valence-electron chi connectivity index (χ1n) is 14.4. The molecule has 0 radical (unpaired) electrons. The minimum atomic E-state index is -0.631.